The lowest BCUT2D eigenvalue weighted by atomic mass is 10.2. The summed E-state index contributed by atoms with van der Waals surface area (Å²) < 4.78 is 0. The van der Waals surface area contributed by atoms with E-state index in [0.717, 1.165) is 5.56 Å². The minimum Gasteiger partial charge on any atom is -0.344 e. The molecule has 0 fully saturated rings. The topological polar surface area (TPSA) is 100 Å². The summed E-state index contributed by atoms with van der Waals surface area (Å²) in [5, 5.41) is 7.58. The van der Waals surface area contributed by atoms with Gasteiger partial charge in [-0.15, -0.1) is 0 Å². The van der Waals surface area contributed by atoms with Gasteiger partial charge in [-0.25, -0.2) is 0 Å². The molecule has 118 valence electrons. The van der Waals surface area contributed by atoms with Gasteiger partial charge in [-0.05, 0) is 29.8 Å². The van der Waals surface area contributed by atoms with E-state index in [1.807, 2.05) is 0 Å². The van der Waals surface area contributed by atoms with E-state index in [0.29, 0.717) is 11.4 Å². The lowest BCUT2D eigenvalue weighted by Gasteiger charge is -2.08. The van der Waals surface area contributed by atoms with E-state index in [1.165, 1.54) is 6.92 Å². The Morgan fingerprint density at radius 2 is 1.74 bits per heavy atom. The number of hydrogen-bond acceptors (Lipinski definition) is 4. The number of nitrogens with one attached hydrogen (secondary N) is 3. The quantitative estimate of drug-likeness (QED) is 0.741. The number of carbonyl (C=O) groups is 3. The lowest BCUT2D eigenvalue weighted by Crippen LogP contribution is -2.35. The smallest absolute Gasteiger partial charge is 0.313 e. The molecular weight excluding hydrogens is 296 g/mol. The molecule has 7 heteroatoms. The minimum atomic E-state index is -0.783. The highest BCUT2D eigenvalue weighted by Gasteiger charge is 2.13. The van der Waals surface area contributed by atoms with Crippen molar-refractivity contribution in [1.29, 1.82) is 0 Å². The van der Waals surface area contributed by atoms with Crippen LogP contribution in [0.25, 0.3) is 0 Å². The Hall–Kier alpha value is -3.22. The molecule has 3 N–H and O–H groups in total. The molecule has 0 aliphatic carbocycles. The lowest BCUT2D eigenvalue weighted by molar-refractivity contribution is -0.136. The number of pyridine rings is 1. The molecule has 0 saturated heterocycles. The fraction of sp³-hybridized carbons (Fsp3) is 0.125. The summed E-state index contributed by atoms with van der Waals surface area (Å²) in [6, 6.07) is 10.1. The van der Waals surface area contributed by atoms with Crippen molar-refractivity contribution in [1.82, 2.24) is 10.3 Å². The van der Waals surface area contributed by atoms with Gasteiger partial charge in [-0.2, -0.15) is 0 Å². The summed E-state index contributed by atoms with van der Waals surface area (Å²) in [5.41, 5.74) is 1.74. The van der Waals surface area contributed by atoms with E-state index in [2.05, 4.69) is 20.9 Å². The third-order valence-electron chi connectivity index (χ3n) is 2.82. The molecule has 0 bridgehead atoms. The summed E-state index contributed by atoms with van der Waals surface area (Å²) in [6.07, 6.45) is 3.23. The number of amides is 3. The Morgan fingerprint density at radius 3 is 2.39 bits per heavy atom. The average Bonchev–Trinajstić information content (AvgIpc) is 2.53. The molecule has 0 unspecified atom stereocenters. The van der Waals surface area contributed by atoms with Crippen LogP contribution in [0.4, 0.5) is 11.4 Å². The molecule has 0 aliphatic heterocycles. The van der Waals surface area contributed by atoms with Crippen LogP contribution in [0.15, 0.2) is 48.8 Å². The monoisotopic (exact) mass is 312 g/mol. The second-order valence-corrected chi connectivity index (χ2v) is 4.76. The average molecular weight is 312 g/mol. The first kappa shape index (κ1) is 16.2. The minimum absolute atomic E-state index is 0.214. The molecule has 0 aliphatic rings. The van der Waals surface area contributed by atoms with Crippen molar-refractivity contribution in [2.45, 2.75) is 13.5 Å². The molecule has 1 aromatic heterocycles. The molecule has 7 nitrogen and oxygen atoms in total. The molecular formula is C16H16N4O3. The number of aromatic nitrogens is 1. The van der Waals surface area contributed by atoms with E-state index in [9.17, 15) is 14.4 Å². The van der Waals surface area contributed by atoms with Crippen LogP contribution in [-0.4, -0.2) is 22.7 Å². The predicted octanol–water partition coefficient (Wildman–Crippen LogP) is 1.29. The molecule has 23 heavy (non-hydrogen) atoms. The summed E-state index contributed by atoms with van der Waals surface area (Å²) in [5.74, 6) is -1.75. The third kappa shape index (κ3) is 5.24. The van der Waals surface area contributed by atoms with Gasteiger partial charge >= 0.3 is 11.8 Å². The van der Waals surface area contributed by atoms with Crippen LogP contribution in [0.5, 0.6) is 0 Å². The zero-order chi connectivity index (χ0) is 16.7. The molecule has 0 spiro atoms. The van der Waals surface area contributed by atoms with Gasteiger partial charge in [0.15, 0.2) is 0 Å². The number of carbonyl (C=O) groups excluding carboxylic acids is 3. The Kier molecular flexibility index (Phi) is 5.40. The molecule has 1 aromatic carbocycles. The molecule has 0 radical (unpaired) electrons. The molecule has 3 amide bonds. The standard InChI is InChI=1S/C16H16N4O3/c1-11(21)19-13-5-2-6-14(8-13)20-16(23)15(22)18-10-12-4-3-7-17-9-12/h2-9H,10H2,1H3,(H,18,22)(H,19,21)(H,20,23). The van der Waals surface area contributed by atoms with E-state index in [1.54, 1.807) is 48.8 Å². The molecule has 0 saturated carbocycles. The van der Waals surface area contributed by atoms with Gasteiger partial charge in [0.05, 0.1) is 0 Å². The van der Waals surface area contributed by atoms with E-state index < -0.39 is 11.8 Å². The molecule has 0 atom stereocenters. The first-order valence-corrected chi connectivity index (χ1v) is 6.90. The number of hydrogen-bond donors (Lipinski definition) is 3. The van der Waals surface area contributed by atoms with Crippen molar-refractivity contribution in [3.8, 4) is 0 Å². The van der Waals surface area contributed by atoms with Crippen molar-refractivity contribution in [2.75, 3.05) is 10.6 Å². The van der Waals surface area contributed by atoms with Crippen LogP contribution >= 0.6 is 0 Å². The van der Waals surface area contributed by atoms with Crippen molar-refractivity contribution < 1.29 is 14.4 Å². The Balaban J connectivity index is 1.90. The highest BCUT2D eigenvalue weighted by atomic mass is 16.2. The predicted molar refractivity (Wildman–Crippen MR) is 85.5 cm³/mol. The van der Waals surface area contributed by atoms with Gasteiger partial charge < -0.3 is 16.0 Å². The fourth-order valence-corrected chi connectivity index (χ4v) is 1.83. The van der Waals surface area contributed by atoms with E-state index in [4.69, 9.17) is 0 Å². The highest BCUT2D eigenvalue weighted by molar-refractivity contribution is 6.39. The summed E-state index contributed by atoms with van der Waals surface area (Å²) in [7, 11) is 0. The summed E-state index contributed by atoms with van der Waals surface area (Å²) in [6.45, 7) is 1.60. The van der Waals surface area contributed by atoms with Crippen molar-refractivity contribution in [3.05, 3.63) is 54.4 Å². The molecule has 2 rings (SSSR count). The maximum atomic E-state index is 11.8. The number of rotatable bonds is 4. The molecule has 1 heterocycles. The van der Waals surface area contributed by atoms with Gasteiger partial charge in [0.25, 0.3) is 0 Å². The van der Waals surface area contributed by atoms with Crippen molar-refractivity contribution >= 4 is 29.1 Å². The van der Waals surface area contributed by atoms with Crippen molar-refractivity contribution in [3.63, 3.8) is 0 Å². The first-order valence-electron chi connectivity index (χ1n) is 6.90. The van der Waals surface area contributed by atoms with Crippen LogP contribution in [0.3, 0.4) is 0 Å². The Morgan fingerprint density at radius 1 is 1.00 bits per heavy atom. The van der Waals surface area contributed by atoms with Crippen LogP contribution in [0.2, 0.25) is 0 Å². The second kappa shape index (κ2) is 7.69. The van der Waals surface area contributed by atoms with Crippen molar-refractivity contribution in [2.24, 2.45) is 0 Å². The number of benzene rings is 1. The number of nitrogens with zero attached hydrogens (tertiary/aromatic N) is 1. The maximum Gasteiger partial charge on any atom is 0.313 e. The summed E-state index contributed by atoms with van der Waals surface area (Å²) >= 11 is 0. The van der Waals surface area contributed by atoms with Gasteiger partial charge in [0.2, 0.25) is 5.91 Å². The van der Waals surface area contributed by atoms with Gasteiger partial charge in [-0.1, -0.05) is 12.1 Å². The van der Waals surface area contributed by atoms with Crippen LogP contribution in [0.1, 0.15) is 12.5 Å². The van der Waals surface area contributed by atoms with Gasteiger partial charge in [0, 0.05) is 37.2 Å². The Bertz CT molecular complexity index is 716. The molecule has 2 aromatic rings. The van der Waals surface area contributed by atoms with E-state index in [-0.39, 0.29) is 12.5 Å². The fourth-order valence-electron chi connectivity index (χ4n) is 1.83. The normalized spacial score (nSPS) is 9.78. The largest absolute Gasteiger partial charge is 0.344 e. The third-order valence-corrected chi connectivity index (χ3v) is 2.82. The number of anilines is 2. The Labute approximate surface area is 133 Å². The summed E-state index contributed by atoms with van der Waals surface area (Å²) in [4.78, 5) is 38.5. The highest BCUT2D eigenvalue weighted by Crippen LogP contribution is 2.14. The first-order chi connectivity index (χ1) is 11.0. The SMILES string of the molecule is CC(=O)Nc1cccc(NC(=O)C(=O)NCc2cccnc2)c1. The van der Waals surface area contributed by atoms with Crippen LogP contribution < -0.4 is 16.0 Å². The second-order valence-electron chi connectivity index (χ2n) is 4.76. The zero-order valence-corrected chi connectivity index (χ0v) is 12.5. The zero-order valence-electron chi connectivity index (χ0n) is 12.5. The van der Waals surface area contributed by atoms with Crippen LogP contribution in [-0.2, 0) is 20.9 Å². The van der Waals surface area contributed by atoms with Crippen LogP contribution in [0, 0.1) is 0 Å². The van der Waals surface area contributed by atoms with Gasteiger partial charge in [0.1, 0.15) is 0 Å². The van der Waals surface area contributed by atoms with E-state index >= 15 is 0 Å². The van der Waals surface area contributed by atoms with Gasteiger partial charge in [-0.3, -0.25) is 19.4 Å². The maximum absolute atomic E-state index is 11.8.